The Balaban J connectivity index is 1.99. The Labute approximate surface area is 128 Å². The first-order chi connectivity index (χ1) is 10.2. The Bertz CT molecular complexity index is 837. The molecule has 0 bridgehead atoms. The van der Waals surface area contributed by atoms with Gasteiger partial charge in [0.1, 0.15) is 5.82 Å². The number of hydrogen-bond acceptors (Lipinski definition) is 4. The lowest BCUT2D eigenvalue weighted by molar-refractivity contribution is 0.432. The van der Waals surface area contributed by atoms with Gasteiger partial charge in [-0.1, -0.05) is 21.1 Å². The normalized spacial score (nSPS) is 10.3. The highest BCUT2D eigenvalue weighted by Crippen LogP contribution is 2.28. The molecule has 0 saturated heterocycles. The summed E-state index contributed by atoms with van der Waals surface area (Å²) in [6.07, 6.45) is 0. The zero-order valence-electron chi connectivity index (χ0n) is 10.5. The first-order valence-corrected chi connectivity index (χ1v) is 6.76. The lowest BCUT2D eigenvalue weighted by Gasteiger charge is -1.98. The maximum Gasteiger partial charge on any atom is 0.258 e. The maximum atomic E-state index is 13.3. The van der Waals surface area contributed by atoms with Crippen LogP contribution in [0.15, 0.2) is 51.5 Å². The maximum absolute atomic E-state index is 13.3. The fourth-order valence-corrected chi connectivity index (χ4v) is 2.23. The van der Waals surface area contributed by atoms with Gasteiger partial charge in [-0.05, 0) is 42.5 Å². The molecule has 0 aliphatic carbocycles. The van der Waals surface area contributed by atoms with Crippen molar-refractivity contribution in [3.8, 4) is 28.9 Å². The van der Waals surface area contributed by atoms with Crippen molar-refractivity contribution in [1.29, 1.82) is 5.26 Å². The van der Waals surface area contributed by atoms with Gasteiger partial charge in [-0.2, -0.15) is 10.2 Å². The molecule has 0 amide bonds. The quantitative estimate of drug-likeness (QED) is 0.700. The van der Waals surface area contributed by atoms with Crippen LogP contribution < -0.4 is 0 Å². The number of benzene rings is 2. The van der Waals surface area contributed by atoms with E-state index >= 15 is 0 Å². The number of rotatable bonds is 2. The van der Waals surface area contributed by atoms with Crippen LogP contribution in [0.1, 0.15) is 5.56 Å². The molecule has 0 saturated carbocycles. The third-order valence-electron chi connectivity index (χ3n) is 2.86. The number of nitrogens with zero attached hydrogens (tertiary/aromatic N) is 3. The second-order valence-corrected chi connectivity index (χ2v) is 5.09. The smallest absolute Gasteiger partial charge is 0.258 e. The number of halogens is 2. The lowest BCUT2D eigenvalue weighted by Crippen LogP contribution is -1.85. The highest BCUT2D eigenvalue weighted by molar-refractivity contribution is 9.10. The minimum atomic E-state index is -0.377. The molecule has 4 nitrogen and oxygen atoms in total. The topological polar surface area (TPSA) is 62.7 Å². The molecule has 1 heterocycles. The Kier molecular flexibility index (Phi) is 3.50. The van der Waals surface area contributed by atoms with Crippen LogP contribution >= 0.6 is 15.9 Å². The molecule has 3 rings (SSSR count). The van der Waals surface area contributed by atoms with Crippen molar-refractivity contribution in [2.75, 3.05) is 0 Å². The van der Waals surface area contributed by atoms with Gasteiger partial charge in [0, 0.05) is 15.6 Å². The molecule has 0 radical (unpaired) electrons. The van der Waals surface area contributed by atoms with Crippen molar-refractivity contribution in [2.24, 2.45) is 0 Å². The lowest BCUT2D eigenvalue weighted by atomic mass is 10.1. The minimum absolute atomic E-state index is 0.292. The van der Waals surface area contributed by atoms with Gasteiger partial charge < -0.3 is 4.52 Å². The molecule has 102 valence electrons. The van der Waals surface area contributed by atoms with Crippen molar-refractivity contribution in [3.63, 3.8) is 0 Å². The summed E-state index contributed by atoms with van der Waals surface area (Å²) in [5.74, 6) is 0.226. The fourth-order valence-electron chi connectivity index (χ4n) is 1.81. The van der Waals surface area contributed by atoms with E-state index in [9.17, 15) is 4.39 Å². The van der Waals surface area contributed by atoms with Crippen LogP contribution in [0.3, 0.4) is 0 Å². The zero-order valence-corrected chi connectivity index (χ0v) is 12.1. The van der Waals surface area contributed by atoms with Gasteiger partial charge in [0.15, 0.2) is 0 Å². The van der Waals surface area contributed by atoms with Gasteiger partial charge in [-0.15, -0.1) is 0 Å². The summed E-state index contributed by atoms with van der Waals surface area (Å²) in [6.45, 7) is 0. The van der Waals surface area contributed by atoms with Crippen molar-refractivity contribution in [3.05, 3.63) is 58.3 Å². The molecule has 21 heavy (non-hydrogen) atoms. The third-order valence-corrected chi connectivity index (χ3v) is 3.55. The van der Waals surface area contributed by atoms with Crippen LogP contribution in [0, 0.1) is 17.1 Å². The van der Waals surface area contributed by atoms with E-state index in [2.05, 4.69) is 26.1 Å². The molecule has 0 aliphatic rings. The van der Waals surface area contributed by atoms with E-state index in [4.69, 9.17) is 9.78 Å². The summed E-state index contributed by atoms with van der Waals surface area (Å²) in [5, 5.41) is 12.6. The standard InChI is InChI=1S/C15H7BrFN3O/c16-13-6-5-11(17)7-12(13)14-19-15(21-20-14)10-3-1-9(8-18)2-4-10/h1-7H. The predicted molar refractivity (Wildman–Crippen MR) is 77.5 cm³/mol. The van der Waals surface area contributed by atoms with Crippen LogP contribution in [0.2, 0.25) is 0 Å². The van der Waals surface area contributed by atoms with Crippen molar-refractivity contribution < 1.29 is 8.91 Å². The summed E-state index contributed by atoms with van der Waals surface area (Å²) in [7, 11) is 0. The molecule has 0 unspecified atom stereocenters. The van der Waals surface area contributed by atoms with Crippen molar-refractivity contribution in [1.82, 2.24) is 10.1 Å². The Morgan fingerprint density at radius 3 is 2.62 bits per heavy atom. The third kappa shape index (κ3) is 2.69. The van der Waals surface area contributed by atoms with E-state index in [0.717, 1.165) is 0 Å². The second-order valence-electron chi connectivity index (χ2n) is 4.24. The molecule has 6 heteroatoms. The minimum Gasteiger partial charge on any atom is -0.334 e. The molecular weight excluding hydrogens is 337 g/mol. The molecule has 0 atom stereocenters. The van der Waals surface area contributed by atoms with E-state index in [1.54, 1.807) is 30.3 Å². The summed E-state index contributed by atoms with van der Waals surface area (Å²) in [6, 6.07) is 13.1. The van der Waals surface area contributed by atoms with Crippen molar-refractivity contribution in [2.45, 2.75) is 0 Å². The Morgan fingerprint density at radius 1 is 1.14 bits per heavy atom. The van der Waals surface area contributed by atoms with Gasteiger partial charge in [-0.25, -0.2) is 4.39 Å². The summed E-state index contributed by atoms with van der Waals surface area (Å²) >= 11 is 3.33. The average molecular weight is 344 g/mol. The zero-order chi connectivity index (χ0) is 14.8. The number of nitriles is 1. The van der Waals surface area contributed by atoms with Crippen LogP contribution in [-0.4, -0.2) is 10.1 Å². The fraction of sp³-hybridized carbons (Fsp3) is 0. The second kappa shape index (κ2) is 5.46. The van der Waals surface area contributed by atoms with Gasteiger partial charge in [-0.3, -0.25) is 0 Å². The van der Waals surface area contributed by atoms with Crippen LogP contribution in [0.25, 0.3) is 22.8 Å². The summed E-state index contributed by atoms with van der Waals surface area (Å²) < 4.78 is 19.2. The summed E-state index contributed by atoms with van der Waals surface area (Å²) in [4.78, 5) is 4.25. The highest BCUT2D eigenvalue weighted by atomic mass is 79.9. The van der Waals surface area contributed by atoms with E-state index in [-0.39, 0.29) is 5.82 Å². The Hall–Kier alpha value is -2.52. The molecular formula is C15H7BrFN3O. The molecule has 0 N–H and O–H groups in total. The largest absolute Gasteiger partial charge is 0.334 e. The van der Waals surface area contributed by atoms with Gasteiger partial charge >= 0.3 is 0 Å². The average Bonchev–Trinajstić information content (AvgIpc) is 2.99. The molecule has 3 aromatic rings. The van der Waals surface area contributed by atoms with Crippen LogP contribution in [-0.2, 0) is 0 Å². The van der Waals surface area contributed by atoms with Gasteiger partial charge in [0.25, 0.3) is 5.89 Å². The number of hydrogen-bond donors (Lipinski definition) is 0. The molecule has 0 aliphatic heterocycles. The van der Waals surface area contributed by atoms with Crippen molar-refractivity contribution >= 4 is 15.9 Å². The Morgan fingerprint density at radius 2 is 1.90 bits per heavy atom. The van der Waals surface area contributed by atoms with Gasteiger partial charge in [0.2, 0.25) is 5.82 Å². The summed E-state index contributed by atoms with van der Waals surface area (Å²) in [5.41, 5.74) is 1.75. The van der Waals surface area contributed by atoms with E-state index in [0.29, 0.717) is 32.9 Å². The van der Waals surface area contributed by atoms with Crippen LogP contribution in [0.5, 0.6) is 0 Å². The first-order valence-electron chi connectivity index (χ1n) is 5.97. The van der Waals surface area contributed by atoms with E-state index in [1.807, 2.05) is 6.07 Å². The van der Waals surface area contributed by atoms with E-state index < -0.39 is 0 Å². The highest BCUT2D eigenvalue weighted by Gasteiger charge is 2.13. The first kappa shape index (κ1) is 13.5. The number of aromatic nitrogens is 2. The predicted octanol–water partition coefficient (Wildman–Crippen LogP) is 4.18. The SMILES string of the molecule is N#Cc1ccc(-c2nc(-c3cc(F)ccc3Br)no2)cc1. The molecule has 2 aromatic carbocycles. The molecule has 1 aromatic heterocycles. The molecule has 0 fully saturated rings. The molecule has 0 spiro atoms. The van der Waals surface area contributed by atoms with Crippen LogP contribution in [0.4, 0.5) is 4.39 Å². The monoisotopic (exact) mass is 343 g/mol. The van der Waals surface area contributed by atoms with Gasteiger partial charge in [0.05, 0.1) is 11.6 Å². The van der Waals surface area contributed by atoms with E-state index in [1.165, 1.54) is 12.1 Å².